The molecule has 2 rings (SSSR count). The molecule has 0 saturated carbocycles. The summed E-state index contributed by atoms with van der Waals surface area (Å²) in [4.78, 5) is 20.3. The number of carbonyl (C=O) groups excluding carboxylic acids is 1. The van der Waals surface area contributed by atoms with Gasteiger partial charge in [-0.2, -0.15) is 0 Å². The zero-order valence-electron chi connectivity index (χ0n) is 12.4. The molecule has 0 saturated heterocycles. The van der Waals surface area contributed by atoms with E-state index in [1.165, 1.54) is 6.33 Å². The minimum absolute atomic E-state index is 0.101. The molecule has 0 atom stereocenters. The van der Waals surface area contributed by atoms with Gasteiger partial charge in [-0.1, -0.05) is 18.6 Å². The van der Waals surface area contributed by atoms with Crippen LogP contribution in [-0.2, 0) is 6.54 Å². The summed E-state index contributed by atoms with van der Waals surface area (Å²) in [6.45, 7) is 5.30. The Balaban J connectivity index is 2.08. The van der Waals surface area contributed by atoms with Crippen molar-refractivity contribution >= 4 is 11.6 Å². The second kappa shape index (κ2) is 7.38. The number of anilines is 1. The van der Waals surface area contributed by atoms with Gasteiger partial charge in [0.25, 0.3) is 5.91 Å². The van der Waals surface area contributed by atoms with E-state index in [1.807, 2.05) is 25.1 Å². The molecule has 5 heteroatoms. The van der Waals surface area contributed by atoms with Crippen LogP contribution in [0.4, 0.5) is 5.69 Å². The summed E-state index contributed by atoms with van der Waals surface area (Å²) in [7, 11) is 0. The molecule has 0 aliphatic carbocycles. The monoisotopic (exact) mass is 284 g/mol. The van der Waals surface area contributed by atoms with E-state index < -0.39 is 0 Å². The molecular formula is C16H20N4O. The molecule has 0 bridgehead atoms. The maximum Gasteiger partial charge on any atom is 0.253 e. The topological polar surface area (TPSA) is 66.9 Å². The SMILES string of the molecule is CCCNc1ccc(C)cc1C(=O)NCc1ccncn1. The number of carbonyl (C=O) groups is 1. The third kappa shape index (κ3) is 4.27. The van der Waals surface area contributed by atoms with Crippen LogP contribution in [0.2, 0.25) is 0 Å². The Morgan fingerprint density at radius 1 is 1.29 bits per heavy atom. The van der Waals surface area contributed by atoms with Crippen LogP contribution < -0.4 is 10.6 Å². The van der Waals surface area contributed by atoms with Crippen LogP contribution in [-0.4, -0.2) is 22.4 Å². The minimum atomic E-state index is -0.101. The summed E-state index contributed by atoms with van der Waals surface area (Å²) in [5.74, 6) is -0.101. The normalized spacial score (nSPS) is 10.2. The fourth-order valence-corrected chi connectivity index (χ4v) is 1.95. The molecule has 1 aromatic heterocycles. The first kappa shape index (κ1) is 15.0. The second-order valence-corrected chi connectivity index (χ2v) is 4.86. The van der Waals surface area contributed by atoms with Gasteiger partial charge in [-0.15, -0.1) is 0 Å². The molecule has 0 spiro atoms. The lowest BCUT2D eigenvalue weighted by atomic mass is 10.1. The Labute approximate surface area is 124 Å². The largest absolute Gasteiger partial charge is 0.384 e. The van der Waals surface area contributed by atoms with E-state index in [9.17, 15) is 4.79 Å². The van der Waals surface area contributed by atoms with Crippen molar-refractivity contribution < 1.29 is 4.79 Å². The van der Waals surface area contributed by atoms with Gasteiger partial charge in [0.15, 0.2) is 0 Å². The van der Waals surface area contributed by atoms with Gasteiger partial charge in [0.2, 0.25) is 0 Å². The third-order valence-electron chi connectivity index (χ3n) is 3.06. The van der Waals surface area contributed by atoms with Crippen LogP contribution >= 0.6 is 0 Å². The van der Waals surface area contributed by atoms with Crippen molar-refractivity contribution in [1.82, 2.24) is 15.3 Å². The lowest BCUT2D eigenvalue weighted by Gasteiger charge is -2.12. The number of hydrogen-bond acceptors (Lipinski definition) is 4. The van der Waals surface area contributed by atoms with Gasteiger partial charge in [-0.3, -0.25) is 4.79 Å². The molecule has 0 unspecified atom stereocenters. The van der Waals surface area contributed by atoms with Gasteiger partial charge in [0.1, 0.15) is 6.33 Å². The fraction of sp³-hybridized carbons (Fsp3) is 0.312. The maximum atomic E-state index is 12.4. The zero-order valence-corrected chi connectivity index (χ0v) is 12.4. The summed E-state index contributed by atoms with van der Waals surface area (Å²) in [5, 5.41) is 6.17. The van der Waals surface area contributed by atoms with Crippen molar-refractivity contribution in [3.05, 3.63) is 53.6 Å². The molecule has 1 aromatic carbocycles. The van der Waals surface area contributed by atoms with E-state index in [2.05, 4.69) is 27.5 Å². The molecule has 21 heavy (non-hydrogen) atoms. The molecule has 0 aliphatic heterocycles. The van der Waals surface area contributed by atoms with Crippen molar-refractivity contribution in [2.45, 2.75) is 26.8 Å². The van der Waals surface area contributed by atoms with Crippen LogP contribution in [0, 0.1) is 6.92 Å². The third-order valence-corrected chi connectivity index (χ3v) is 3.06. The van der Waals surface area contributed by atoms with Crippen molar-refractivity contribution in [1.29, 1.82) is 0 Å². The lowest BCUT2D eigenvalue weighted by Crippen LogP contribution is -2.24. The highest BCUT2D eigenvalue weighted by Crippen LogP contribution is 2.17. The number of hydrogen-bond donors (Lipinski definition) is 2. The molecule has 1 heterocycles. The molecular weight excluding hydrogens is 264 g/mol. The minimum Gasteiger partial charge on any atom is -0.384 e. The van der Waals surface area contributed by atoms with E-state index in [-0.39, 0.29) is 5.91 Å². The van der Waals surface area contributed by atoms with Crippen LogP contribution in [0.25, 0.3) is 0 Å². The van der Waals surface area contributed by atoms with Crippen molar-refractivity contribution in [3.8, 4) is 0 Å². The first-order chi connectivity index (χ1) is 10.2. The number of nitrogens with zero attached hydrogens (tertiary/aromatic N) is 2. The first-order valence-corrected chi connectivity index (χ1v) is 7.08. The summed E-state index contributed by atoms with van der Waals surface area (Å²) >= 11 is 0. The number of amides is 1. The molecule has 5 nitrogen and oxygen atoms in total. The summed E-state index contributed by atoms with van der Waals surface area (Å²) in [6, 6.07) is 7.63. The van der Waals surface area contributed by atoms with E-state index in [0.29, 0.717) is 12.1 Å². The second-order valence-electron chi connectivity index (χ2n) is 4.86. The smallest absolute Gasteiger partial charge is 0.253 e. The zero-order chi connectivity index (χ0) is 15.1. The molecule has 110 valence electrons. The highest BCUT2D eigenvalue weighted by atomic mass is 16.1. The molecule has 2 N–H and O–H groups in total. The Morgan fingerprint density at radius 2 is 2.14 bits per heavy atom. The Kier molecular flexibility index (Phi) is 5.26. The van der Waals surface area contributed by atoms with Crippen LogP contribution in [0.1, 0.15) is 35.0 Å². The average molecular weight is 284 g/mol. The van der Waals surface area contributed by atoms with Crippen molar-refractivity contribution in [2.75, 3.05) is 11.9 Å². The highest BCUT2D eigenvalue weighted by Gasteiger charge is 2.11. The van der Waals surface area contributed by atoms with Gasteiger partial charge in [-0.25, -0.2) is 9.97 Å². The van der Waals surface area contributed by atoms with E-state index in [1.54, 1.807) is 12.3 Å². The van der Waals surface area contributed by atoms with Gasteiger partial charge < -0.3 is 10.6 Å². The van der Waals surface area contributed by atoms with Gasteiger partial charge in [-0.05, 0) is 31.5 Å². The van der Waals surface area contributed by atoms with Gasteiger partial charge in [0.05, 0.1) is 17.8 Å². The summed E-state index contributed by atoms with van der Waals surface area (Å²) in [5.41, 5.74) is 3.37. The van der Waals surface area contributed by atoms with Crippen LogP contribution in [0.5, 0.6) is 0 Å². The number of nitrogens with one attached hydrogen (secondary N) is 2. The number of benzene rings is 1. The number of rotatable bonds is 6. The highest BCUT2D eigenvalue weighted by molar-refractivity contribution is 5.99. The molecule has 0 radical (unpaired) electrons. The average Bonchev–Trinajstić information content (AvgIpc) is 2.52. The first-order valence-electron chi connectivity index (χ1n) is 7.08. The van der Waals surface area contributed by atoms with Crippen LogP contribution in [0.3, 0.4) is 0 Å². The molecule has 0 fully saturated rings. The standard InChI is InChI=1S/C16H20N4O/c1-3-7-18-15-5-4-12(2)9-14(15)16(21)19-10-13-6-8-17-11-20-13/h4-6,8-9,11,18H,3,7,10H2,1-2H3,(H,19,21). The van der Waals surface area contributed by atoms with Crippen molar-refractivity contribution in [3.63, 3.8) is 0 Å². The molecule has 2 aromatic rings. The predicted molar refractivity (Wildman–Crippen MR) is 83.2 cm³/mol. The Bertz CT molecular complexity index is 598. The number of aryl methyl sites for hydroxylation is 1. The van der Waals surface area contributed by atoms with E-state index in [4.69, 9.17) is 0 Å². The summed E-state index contributed by atoms with van der Waals surface area (Å²) < 4.78 is 0. The molecule has 1 amide bonds. The molecule has 0 aliphatic rings. The van der Waals surface area contributed by atoms with Gasteiger partial charge in [0, 0.05) is 18.4 Å². The summed E-state index contributed by atoms with van der Waals surface area (Å²) in [6.07, 6.45) is 4.15. The quantitative estimate of drug-likeness (QED) is 0.855. The van der Waals surface area contributed by atoms with Gasteiger partial charge >= 0.3 is 0 Å². The predicted octanol–water partition coefficient (Wildman–Crippen LogP) is 2.54. The Hall–Kier alpha value is -2.43. The van der Waals surface area contributed by atoms with E-state index >= 15 is 0 Å². The van der Waals surface area contributed by atoms with Crippen LogP contribution in [0.15, 0.2) is 36.8 Å². The Morgan fingerprint density at radius 3 is 2.86 bits per heavy atom. The van der Waals surface area contributed by atoms with E-state index in [0.717, 1.165) is 29.9 Å². The number of aromatic nitrogens is 2. The lowest BCUT2D eigenvalue weighted by molar-refractivity contribution is 0.0951. The maximum absolute atomic E-state index is 12.4. The fourth-order valence-electron chi connectivity index (χ4n) is 1.95. The van der Waals surface area contributed by atoms with Crippen molar-refractivity contribution in [2.24, 2.45) is 0 Å².